The van der Waals surface area contributed by atoms with Gasteiger partial charge < -0.3 is 14.2 Å². The molecule has 36 heavy (non-hydrogen) atoms. The summed E-state index contributed by atoms with van der Waals surface area (Å²) in [6, 6.07) is 16.2. The van der Waals surface area contributed by atoms with Crippen LogP contribution in [0.15, 0.2) is 80.8 Å². The number of alkyl halides is 3. The van der Waals surface area contributed by atoms with Gasteiger partial charge in [0.05, 0.1) is 30.1 Å². The predicted molar refractivity (Wildman–Crippen MR) is 125 cm³/mol. The van der Waals surface area contributed by atoms with Crippen molar-refractivity contribution in [3.63, 3.8) is 0 Å². The number of benzene rings is 3. The maximum Gasteiger partial charge on any atom is 0.416 e. The molecule has 0 saturated carbocycles. The molecule has 182 valence electrons. The highest BCUT2D eigenvalue weighted by molar-refractivity contribution is 5.82. The Morgan fingerprint density at radius 1 is 1.00 bits per heavy atom. The van der Waals surface area contributed by atoms with Crippen LogP contribution in [0.25, 0.3) is 33.7 Å². The van der Waals surface area contributed by atoms with E-state index in [2.05, 4.69) is 15.1 Å². The smallest absolute Gasteiger partial charge is 0.416 e. The third-order valence-corrected chi connectivity index (χ3v) is 5.58. The average molecular weight is 494 g/mol. The van der Waals surface area contributed by atoms with Crippen LogP contribution in [0.3, 0.4) is 0 Å². The van der Waals surface area contributed by atoms with Crippen LogP contribution in [0.2, 0.25) is 0 Å². The number of H-pyrrole nitrogens is 1. The first-order valence-corrected chi connectivity index (χ1v) is 10.6. The predicted octanol–water partition coefficient (Wildman–Crippen LogP) is 4.48. The number of halogens is 3. The summed E-state index contributed by atoms with van der Waals surface area (Å²) in [5.41, 5.74) is -0.446. The van der Waals surface area contributed by atoms with Crippen molar-refractivity contribution in [2.24, 2.45) is 0 Å². The first-order valence-electron chi connectivity index (χ1n) is 10.6. The van der Waals surface area contributed by atoms with Gasteiger partial charge in [0.1, 0.15) is 5.75 Å². The van der Waals surface area contributed by atoms with Crippen LogP contribution in [0, 0.1) is 0 Å². The molecule has 1 N–H and O–H groups in total. The highest BCUT2D eigenvalue weighted by atomic mass is 19.4. The normalized spacial score (nSPS) is 11.7. The van der Waals surface area contributed by atoms with Crippen LogP contribution in [0.5, 0.6) is 5.75 Å². The summed E-state index contributed by atoms with van der Waals surface area (Å²) in [5.74, 6) is 0.593. The number of nitrogens with one attached hydrogen (secondary N) is 1. The molecule has 0 atom stereocenters. The van der Waals surface area contributed by atoms with E-state index in [0.29, 0.717) is 16.9 Å². The van der Waals surface area contributed by atoms with Gasteiger partial charge in [0, 0.05) is 11.1 Å². The Balaban J connectivity index is 1.49. The third kappa shape index (κ3) is 4.38. The largest absolute Gasteiger partial charge is 0.497 e. The van der Waals surface area contributed by atoms with Gasteiger partial charge in [0.2, 0.25) is 5.82 Å². The van der Waals surface area contributed by atoms with E-state index in [0.717, 1.165) is 16.7 Å². The number of fused-ring (bicyclic) bond motifs is 1. The number of aromatic nitrogens is 4. The van der Waals surface area contributed by atoms with Crippen LogP contribution < -0.4 is 16.0 Å². The lowest BCUT2D eigenvalue weighted by molar-refractivity contribution is -0.137. The van der Waals surface area contributed by atoms with Crippen molar-refractivity contribution in [3.8, 4) is 28.6 Å². The molecule has 5 rings (SSSR count). The van der Waals surface area contributed by atoms with Gasteiger partial charge >= 0.3 is 11.9 Å². The Bertz CT molecular complexity index is 1700. The van der Waals surface area contributed by atoms with Crippen molar-refractivity contribution < 1.29 is 22.4 Å². The quantitative estimate of drug-likeness (QED) is 0.387. The molecule has 0 bridgehead atoms. The third-order valence-electron chi connectivity index (χ3n) is 5.58. The van der Waals surface area contributed by atoms with Gasteiger partial charge in [-0.2, -0.15) is 18.2 Å². The van der Waals surface area contributed by atoms with Crippen LogP contribution in [0.1, 0.15) is 11.1 Å². The molecule has 3 aromatic carbocycles. The van der Waals surface area contributed by atoms with E-state index in [1.807, 2.05) is 0 Å². The van der Waals surface area contributed by atoms with E-state index >= 15 is 0 Å². The molecule has 0 amide bonds. The van der Waals surface area contributed by atoms with Crippen molar-refractivity contribution in [3.05, 3.63) is 98.7 Å². The summed E-state index contributed by atoms with van der Waals surface area (Å²) in [4.78, 5) is 32.6. The number of aromatic amines is 1. The zero-order chi connectivity index (χ0) is 25.4. The second-order valence-electron chi connectivity index (χ2n) is 7.94. The number of ether oxygens (including phenoxy) is 1. The fourth-order valence-corrected chi connectivity index (χ4v) is 3.78. The fourth-order valence-electron chi connectivity index (χ4n) is 3.78. The van der Waals surface area contributed by atoms with Gasteiger partial charge in [-0.15, -0.1) is 0 Å². The molecule has 11 heteroatoms. The molecule has 0 unspecified atom stereocenters. The minimum atomic E-state index is -4.51. The topological polar surface area (TPSA) is 103 Å². The van der Waals surface area contributed by atoms with Crippen molar-refractivity contribution >= 4 is 10.9 Å². The van der Waals surface area contributed by atoms with Crippen molar-refractivity contribution in [2.75, 3.05) is 7.11 Å². The van der Waals surface area contributed by atoms with Crippen LogP contribution in [-0.2, 0) is 12.7 Å². The number of rotatable bonds is 5. The molecule has 0 radical (unpaired) electrons. The zero-order valence-electron chi connectivity index (χ0n) is 18.7. The van der Waals surface area contributed by atoms with Gasteiger partial charge in [-0.3, -0.25) is 9.36 Å². The molecule has 0 aliphatic heterocycles. The second kappa shape index (κ2) is 8.84. The van der Waals surface area contributed by atoms with E-state index in [-0.39, 0.29) is 34.7 Å². The van der Waals surface area contributed by atoms with Crippen molar-refractivity contribution in [1.82, 2.24) is 19.7 Å². The van der Waals surface area contributed by atoms with Gasteiger partial charge in [0.25, 0.3) is 11.4 Å². The summed E-state index contributed by atoms with van der Waals surface area (Å²) in [5, 5.41) is 4.04. The van der Waals surface area contributed by atoms with Crippen LogP contribution in [-0.4, -0.2) is 26.8 Å². The Morgan fingerprint density at radius 2 is 1.81 bits per heavy atom. The van der Waals surface area contributed by atoms with E-state index in [9.17, 15) is 22.8 Å². The minimum absolute atomic E-state index is 0.0192. The lowest BCUT2D eigenvalue weighted by atomic mass is 10.1. The fraction of sp³-hybridized carbons (Fsp3) is 0.120. The Kier molecular flexibility index (Phi) is 5.67. The molecular weight excluding hydrogens is 477 g/mol. The highest BCUT2D eigenvalue weighted by Crippen LogP contribution is 2.32. The van der Waals surface area contributed by atoms with E-state index < -0.39 is 23.0 Å². The van der Waals surface area contributed by atoms with E-state index in [1.165, 1.54) is 31.4 Å². The molecular formula is C25H17F3N4O4. The standard InChI is InChI=1S/C25H17F3N4O4/c1-35-18-7-2-4-14(10-18)13-32-23(33)19-9-8-16(12-20(19)29-24(32)34)22-30-21(31-36-22)15-5-3-6-17(11-15)25(26,27)28/h2-12H,13H2,1H3,(H,29,34). The lowest BCUT2D eigenvalue weighted by Crippen LogP contribution is -2.35. The van der Waals surface area contributed by atoms with Crippen molar-refractivity contribution in [1.29, 1.82) is 0 Å². The first-order chi connectivity index (χ1) is 17.2. The summed E-state index contributed by atoms with van der Waals surface area (Å²) < 4.78 is 50.6. The molecule has 0 aliphatic rings. The summed E-state index contributed by atoms with van der Waals surface area (Å²) in [6.07, 6.45) is -4.51. The summed E-state index contributed by atoms with van der Waals surface area (Å²) in [6.45, 7) is 0.0487. The maximum atomic E-state index is 13.0. The van der Waals surface area contributed by atoms with Crippen LogP contribution in [0.4, 0.5) is 13.2 Å². The van der Waals surface area contributed by atoms with Gasteiger partial charge in [0.15, 0.2) is 0 Å². The molecule has 8 nitrogen and oxygen atoms in total. The number of nitrogens with zero attached hydrogens (tertiary/aromatic N) is 3. The van der Waals surface area contributed by atoms with Gasteiger partial charge in [-0.25, -0.2) is 4.79 Å². The maximum absolute atomic E-state index is 13.0. The van der Waals surface area contributed by atoms with Crippen molar-refractivity contribution in [2.45, 2.75) is 12.7 Å². The summed E-state index contributed by atoms with van der Waals surface area (Å²) >= 11 is 0. The second-order valence-corrected chi connectivity index (χ2v) is 7.94. The Hall–Kier alpha value is -4.67. The molecule has 0 aliphatic carbocycles. The number of methoxy groups -OCH3 is 1. The molecule has 0 fully saturated rings. The average Bonchev–Trinajstić information content (AvgIpc) is 3.36. The lowest BCUT2D eigenvalue weighted by Gasteiger charge is -2.08. The monoisotopic (exact) mass is 494 g/mol. The summed E-state index contributed by atoms with van der Waals surface area (Å²) in [7, 11) is 1.53. The molecule has 0 spiro atoms. The molecule has 2 aromatic heterocycles. The van der Waals surface area contributed by atoms with E-state index in [4.69, 9.17) is 9.26 Å². The number of hydrogen-bond acceptors (Lipinski definition) is 6. The minimum Gasteiger partial charge on any atom is -0.497 e. The molecule has 5 aromatic rings. The van der Waals surface area contributed by atoms with Gasteiger partial charge in [-0.05, 0) is 48.0 Å². The Labute approximate surface area is 200 Å². The highest BCUT2D eigenvalue weighted by Gasteiger charge is 2.30. The SMILES string of the molecule is COc1cccc(Cn2c(=O)[nH]c3cc(-c4nc(-c5cccc(C(F)(F)F)c5)no4)ccc3c2=O)c1. The molecule has 0 saturated heterocycles. The number of hydrogen-bond donors (Lipinski definition) is 1. The first kappa shape index (κ1) is 23.1. The van der Waals surface area contributed by atoms with Gasteiger partial charge in [-0.1, -0.05) is 29.4 Å². The zero-order valence-corrected chi connectivity index (χ0v) is 18.7. The van der Waals surface area contributed by atoms with E-state index in [1.54, 1.807) is 30.3 Å². The molecule has 2 heterocycles. The van der Waals surface area contributed by atoms with Crippen LogP contribution >= 0.6 is 0 Å². The Morgan fingerprint density at radius 3 is 2.58 bits per heavy atom.